The van der Waals surface area contributed by atoms with Crippen molar-refractivity contribution in [3.63, 3.8) is 0 Å². The third kappa shape index (κ3) is 6.47. The number of halogens is 2. The van der Waals surface area contributed by atoms with E-state index in [1.807, 2.05) is 24.3 Å². The number of fused-ring (bicyclic) bond motifs is 1. The van der Waals surface area contributed by atoms with Crippen LogP contribution >= 0.6 is 23.2 Å². The minimum Gasteiger partial charge on any atom is -0.497 e. The van der Waals surface area contributed by atoms with Crippen LogP contribution in [0.4, 0.5) is 0 Å². The van der Waals surface area contributed by atoms with Crippen LogP contribution < -0.4 is 20.2 Å². The van der Waals surface area contributed by atoms with Gasteiger partial charge in [-0.25, -0.2) is 10.2 Å². The number of hydrogen-bond acceptors (Lipinski definition) is 6. The molecule has 0 saturated heterocycles. The Morgan fingerprint density at radius 2 is 1.71 bits per heavy atom. The highest BCUT2D eigenvalue weighted by atomic mass is 35.5. The van der Waals surface area contributed by atoms with Gasteiger partial charge in [-0.3, -0.25) is 9.59 Å². The van der Waals surface area contributed by atoms with Gasteiger partial charge >= 0.3 is 5.97 Å². The maximum absolute atomic E-state index is 12.8. The minimum atomic E-state index is -0.679. The number of rotatable bonds is 8. The fourth-order valence-electron chi connectivity index (χ4n) is 3.52. The molecule has 4 rings (SSSR count). The van der Waals surface area contributed by atoms with Crippen LogP contribution in [0, 0.1) is 0 Å². The average molecular weight is 550 g/mol. The molecule has 2 N–H and O–H groups in total. The Labute approximate surface area is 228 Å². The van der Waals surface area contributed by atoms with Crippen molar-refractivity contribution in [3.8, 4) is 11.5 Å². The predicted octanol–water partition coefficient (Wildman–Crippen LogP) is 5.25. The molecule has 38 heavy (non-hydrogen) atoms. The third-order valence-electron chi connectivity index (χ3n) is 5.43. The van der Waals surface area contributed by atoms with Crippen LogP contribution in [0.2, 0.25) is 10.0 Å². The molecule has 0 saturated carbocycles. The van der Waals surface area contributed by atoms with Crippen LogP contribution in [-0.4, -0.2) is 37.7 Å². The zero-order chi connectivity index (χ0) is 27.1. The van der Waals surface area contributed by atoms with Gasteiger partial charge in [-0.1, -0.05) is 53.5 Å². The highest BCUT2D eigenvalue weighted by Crippen LogP contribution is 2.29. The zero-order valence-corrected chi connectivity index (χ0v) is 21.5. The Hall–Kier alpha value is -4.40. The molecule has 0 aliphatic rings. The fourth-order valence-corrected chi connectivity index (χ4v) is 4.01. The number of hydrazone groups is 1. The molecule has 8 nitrogen and oxygen atoms in total. The number of carbonyl (C=O) groups is 3. The first-order chi connectivity index (χ1) is 18.4. The van der Waals surface area contributed by atoms with Gasteiger partial charge < -0.3 is 14.8 Å². The molecule has 0 aliphatic carbocycles. The van der Waals surface area contributed by atoms with Crippen molar-refractivity contribution in [1.29, 1.82) is 0 Å². The number of ether oxygens (including phenoxy) is 2. The Morgan fingerprint density at radius 3 is 2.45 bits per heavy atom. The second-order valence-electron chi connectivity index (χ2n) is 7.92. The number of amides is 2. The highest BCUT2D eigenvalue weighted by Gasteiger charge is 2.16. The molecule has 2 amide bonds. The minimum absolute atomic E-state index is 0.146. The Kier molecular flexibility index (Phi) is 8.58. The largest absolute Gasteiger partial charge is 0.497 e. The molecule has 4 aromatic rings. The van der Waals surface area contributed by atoms with Gasteiger partial charge in [0.2, 0.25) is 0 Å². The SMILES string of the molecule is COc1ccc(C(=O)NCC(=O)N/N=C\c2c(OC(=O)c3ccc(Cl)cc3Cl)ccc3ccccc23)cc1. The summed E-state index contributed by atoms with van der Waals surface area (Å²) in [6.45, 7) is -0.297. The van der Waals surface area contributed by atoms with E-state index in [-0.39, 0.29) is 22.9 Å². The second kappa shape index (κ2) is 12.2. The van der Waals surface area contributed by atoms with Gasteiger partial charge in [-0.15, -0.1) is 0 Å². The summed E-state index contributed by atoms with van der Waals surface area (Å²) in [5.41, 5.74) is 3.36. The number of methoxy groups -OCH3 is 1. The van der Waals surface area contributed by atoms with Crippen LogP contribution in [-0.2, 0) is 4.79 Å². The number of nitrogens with zero attached hydrogens (tertiary/aromatic N) is 1. The summed E-state index contributed by atoms with van der Waals surface area (Å²) in [5, 5.41) is 8.69. The molecule has 0 aromatic heterocycles. The quantitative estimate of drug-likeness (QED) is 0.135. The van der Waals surface area contributed by atoms with E-state index in [9.17, 15) is 14.4 Å². The van der Waals surface area contributed by atoms with Gasteiger partial charge in [0.1, 0.15) is 11.5 Å². The number of benzene rings is 4. The maximum atomic E-state index is 12.8. The average Bonchev–Trinajstić information content (AvgIpc) is 2.92. The van der Waals surface area contributed by atoms with Crippen LogP contribution in [0.5, 0.6) is 11.5 Å². The molecule has 0 aliphatic heterocycles. The van der Waals surface area contributed by atoms with Crippen molar-refractivity contribution in [3.05, 3.63) is 106 Å². The molecule has 0 fully saturated rings. The summed E-state index contributed by atoms with van der Waals surface area (Å²) < 4.78 is 10.7. The molecule has 0 radical (unpaired) electrons. The zero-order valence-electron chi connectivity index (χ0n) is 20.0. The first-order valence-corrected chi connectivity index (χ1v) is 12.0. The molecule has 0 heterocycles. The van der Waals surface area contributed by atoms with Gasteiger partial charge in [-0.2, -0.15) is 5.10 Å². The lowest BCUT2D eigenvalue weighted by Gasteiger charge is -2.11. The summed E-state index contributed by atoms with van der Waals surface area (Å²) in [5.74, 6) is -0.818. The van der Waals surface area contributed by atoms with Crippen LogP contribution in [0.1, 0.15) is 26.3 Å². The topological polar surface area (TPSA) is 106 Å². The van der Waals surface area contributed by atoms with Crippen LogP contribution in [0.15, 0.2) is 84.0 Å². The molecule has 4 aromatic carbocycles. The van der Waals surface area contributed by atoms with Crippen molar-refractivity contribution in [2.24, 2.45) is 5.10 Å². The van der Waals surface area contributed by atoms with E-state index in [1.54, 1.807) is 36.4 Å². The second-order valence-corrected chi connectivity index (χ2v) is 8.76. The maximum Gasteiger partial charge on any atom is 0.345 e. The lowest BCUT2D eigenvalue weighted by atomic mass is 10.0. The normalized spacial score (nSPS) is 10.8. The monoisotopic (exact) mass is 549 g/mol. The van der Waals surface area contributed by atoms with Gasteiger partial charge in [0.05, 0.1) is 30.5 Å². The van der Waals surface area contributed by atoms with Crippen molar-refractivity contribution in [2.75, 3.05) is 13.7 Å². The Balaban J connectivity index is 1.46. The third-order valence-corrected chi connectivity index (χ3v) is 5.98. The highest BCUT2D eigenvalue weighted by molar-refractivity contribution is 6.36. The molecule has 0 spiro atoms. The predicted molar refractivity (Wildman–Crippen MR) is 146 cm³/mol. The summed E-state index contributed by atoms with van der Waals surface area (Å²) in [6, 6.07) is 21.8. The lowest BCUT2D eigenvalue weighted by molar-refractivity contribution is -0.120. The van der Waals surface area contributed by atoms with E-state index in [4.69, 9.17) is 32.7 Å². The molecule has 0 unspecified atom stereocenters. The fraction of sp³-hybridized carbons (Fsp3) is 0.0714. The molecule has 192 valence electrons. The van der Waals surface area contributed by atoms with Crippen molar-refractivity contribution in [1.82, 2.24) is 10.7 Å². The van der Waals surface area contributed by atoms with Crippen molar-refractivity contribution in [2.45, 2.75) is 0 Å². The molecule has 10 heteroatoms. The first-order valence-electron chi connectivity index (χ1n) is 11.3. The molecular formula is C28H21Cl2N3O5. The Bertz CT molecular complexity index is 1540. The van der Waals surface area contributed by atoms with Crippen molar-refractivity contribution < 1.29 is 23.9 Å². The first kappa shape index (κ1) is 26.7. The van der Waals surface area contributed by atoms with Crippen LogP contribution in [0.25, 0.3) is 10.8 Å². The molecular weight excluding hydrogens is 529 g/mol. The van der Waals surface area contributed by atoms with Gasteiger partial charge in [-0.05, 0) is 59.3 Å². The molecule has 0 atom stereocenters. The molecule has 0 bridgehead atoms. The smallest absolute Gasteiger partial charge is 0.345 e. The van der Waals surface area contributed by atoms with E-state index < -0.39 is 17.8 Å². The van der Waals surface area contributed by atoms with Crippen molar-refractivity contribution >= 4 is 58.0 Å². The Morgan fingerprint density at radius 1 is 0.947 bits per heavy atom. The summed E-state index contributed by atoms with van der Waals surface area (Å²) in [4.78, 5) is 37.3. The van der Waals surface area contributed by atoms with Crippen LogP contribution in [0.3, 0.4) is 0 Å². The van der Waals surface area contributed by atoms with E-state index in [2.05, 4.69) is 15.8 Å². The number of esters is 1. The van der Waals surface area contributed by atoms with E-state index in [0.29, 0.717) is 21.9 Å². The van der Waals surface area contributed by atoms with Gasteiger partial charge in [0, 0.05) is 16.1 Å². The standard InChI is InChI=1S/C28H21Cl2N3O5/c1-37-20-10-6-18(7-11-20)27(35)31-16-26(34)33-32-15-23-21-5-3-2-4-17(21)8-13-25(23)38-28(36)22-12-9-19(29)14-24(22)30/h2-15H,16H2,1H3,(H,31,35)(H,33,34)/b32-15-. The summed E-state index contributed by atoms with van der Waals surface area (Å²) in [6.07, 6.45) is 1.37. The lowest BCUT2D eigenvalue weighted by Crippen LogP contribution is -2.34. The van der Waals surface area contributed by atoms with Gasteiger partial charge in [0.25, 0.3) is 11.8 Å². The van der Waals surface area contributed by atoms with E-state index in [1.165, 1.54) is 31.5 Å². The van der Waals surface area contributed by atoms with Gasteiger partial charge in [0.15, 0.2) is 0 Å². The number of carbonyl (C=O) groups excluding carboxylic acids is 3. The number of hydrogen-bond donors (Lipinski definition) is 2. The van der Waals surface area contributed by atoms with E-state index >= 15 is 0 Å². The summed E-state index contributed by atoms with van der Waals surface area (Å²) >= 11 is 12.1. The number of nitrogens with one attached hydrogen (secondary N) is 2. The summed E-state index contributed by atoms with van der Waals surface area (Å²) in [7, 11) is 1.53. The van der Waals surface area contributed by atoms with E-state index in [0.717, 1.165) is 10.8 Å².